The Morgan fingerprint density at radius 2 is 1.85 bits per heavy atom. The number of rotatable bonds is 2. The molecular formula is C17H16Cl2N6S. The maximum atomic E-state index is 4.75. The van der Waals surface area contributed by atoms with Gasteiger partial charge < -0.3 is 9.88 Å². The highest BCUT2D eigenvalue weighted by Crippen LogP contribution is 2.28. The zero-order chi connectivity index (χ0) is 15.9. The second kappa shape index (κ2) is 7.67. The quantitative estimate of drug-likeness (QED) is 0.550. The van der Waals surface area contributed by atoms with Crippen LogP contribution in [0.4, 0.5) is 0 Å². The average Bonchev–Trinajstić information content (AvgIpc) is 3.28. The third kappa shape index (κ3) is 3.19. The van der Waals surface area contributed by atoms with Crippen LogP contribution in [0.1, 0.15) is 5.82 Å². The summed E-state index contributed by atoms with van der Waals surface area (Å²) >= 11 is 1.59. The molecule has 9 heteroatoms. The van der Waals surface area contributed by atoms with Gasteiger partial charge in [-0.05, 0) is 12.1 Å². The summed E-state index contributed by atoms with van der Waals surface area (Å²) in [6.07, 6.45) is 0. The summed E-state index contributed by atoms with van der Waals surface area (Å²) in [7, 11) is 0. The lowest BCUT2D eigenvalue weighted by atomic mass is 10.2. The molecular weight excluding hydrogens is 391 g/mol. The topological polar surface area (TPSA) is 68.5 Å². The van der Waals surface area contributed by atoms with E-state index in [2.05, 4.69) is 32.2 Å². The molecule has 1 aliphatic rings. The van der Waals surface area contributed by atoms with Gasteiger partial charge in [0.25, 0.3) is 0 Å². The molecule has 0 spiro atoms. The van der Waals surface area contributed by atoms with Gasteiger partial charge in [-0.2, -0.15) is 0 Å². The molecule has 4 aromatic rings. The molecule has 0 aliphatic carbocycles. The van der Waals surface area contributed by atoms with Gasteiger partial charge in [-0.15, -0.1) is 46.3 Å². The van der Waals surface area contributed by atoms with Gasteiger partial charge in [-0.1, -0.05) is 24.3 Å². The Morgan fingerprint density at radius 3 is 2.77 bits per heavy atom. The molecule has 0 saturated heterocycles. The van der Waals surface area contributed by atoms with E-state index >= 15 is 0 Å². The molecule has 0 bridgehead atoms. The molecule has 0 fully saturated rings. The molecule has 0 saturated carbocycles. The second-order valence-electron chi connectivity index (χ2n) is 5.70. The van der Waals surface area contributed by atoms with E-state index < -0.39 is 0 Å². The Kier molecular flexibility index (Phi) is 5.52. The molecule has 3 aromatic heterocycles. The van der Waals surface area contributed by atoms with Gasteiger partial charge in [-0.25, -0.2) is 9.97 Å². The summed E-state index contributed by atoms with van der Waals surface area (Å²) in [5.41, 5.74) is 2.74. The minimum atomic E-state index is 0. The van der Waals surface area contributed by atoms with Crippen LogP contribution in [0.3, 0.4) is 0 Å². The standard InChI is InChI=1S/C17H14N6S.2ClH/c1-2-4-12-11(3-1)5-6-13(19-12)17-20-14(10-24-17)16-22-21-15-9-18-7-8-23(15)16;;/h1-6,10,18H,7-9H2;2*1H. The van der Waals surface area contributed by atoms with Crippen LogP contribution in [0.2, 0.25) is 0 Å². The zero-order valence-electron chi connectivity index (χ0n) is 13.6. The number of para-hydroxylation sites is 1. The maximum Gasteiger partial charge on any atom is 0.183 e. The van der Waals surface area contributed by atoms with Crippen LogP contribution in [-0.4, -0.2) is 31.3 Å². The lowest BCUT2D eigenvalue weighted by Gasteiger charge is -2.15. The van der Waals surface area contributed by atoms with Crippen molar-refractivity contribution in [2.24, 2.45) is 0 Å². The number of aromatic nitrogens is 5. The number of thiazole rings is 1. The first-order valence-corrected chi connectivity index (χ1v) is 8.71. The first-order chi connectivity index (χ1) is 11.9. The number of nitrogens with one attached hydrogen (secondary N) is 1. The van der Waals surface area contributed by atoms with Crippen LogP contribution in [0.5, 0.6) is 0 Å². The third-order valence-electron chi connectivity index (χ3n) is 4.17. The fraction of sp³-hybridized carbons (Fsp3) is 0.176. The van der Waals surface area contributed by atoms with Crippen molar-refractivity contribution in [2.45, 2.75) is 13.1 Å². The first-order valence-electron chi connectivity index (χ1n) is 7.83. The van der Waals surface area contributed by atoms with E-state index in [1.807, 2.05) is 29.6 Å². The summed E-state index contributed by atoms with van der Waals surface area (Å²) in [5, 5.41) is 16.0. The van der Waals surface area contributed by atoms with Crippen molar-refractivity contribution in [3.8, 4) is 22.2 Å². The molecule has 0 amide bonds. The summed E-state index contributed by atoms with van der Waals surface area (Å²) in [6, 6.07) is 12.2. The zero-order valence-corrected chi connectivity index (χ0v) is 16.1. The molecule has 26 heavy (non-hydrogen) atoms. The minimum absolute atomic E-state index is 0. The molecule has 0 atom stereocenters. The van der Waals surface area contributed by atoms with Gasteiger partial charge in [-0.3, -0.25) is 0 Å². The van der Waals surface area contributed by atoms with Crippen molar-refractivity contribution < 1.29 is 0 Å². The Hall–Kier alpha value is -2.06. The van der Waals surface area contributed by atoms with E-state index in [0.717, 1.165) is 58.6 Å². The van der Waals surface area contributed by atoms with Crippen LogP contribution in [-0.2, 0) is 13.1 Å². The molecule has 1 aliphatic heterocycles. The van der Waals surface area contributed by atoms with Crippen LogP contribution in [0.25, 0.3) is 33.1 Å². The highest BCUT2D eigenvalue weighted by atomic mass is 35.5. The molecule has 0 radical (unpaired) electrons. The van der Waals surface area contributed by atoms with Crippen LogP contribution >= 0.6 is 36.2 Å². The summed E-state index contributed by atoms with van der Waals surface area (Å²) in [4.78, 5) is 9.47. The van der Waals surface area contributed by atoms with Gasteiger partial charge in [0.1, 0.15) is 16.5 Å². The van der Waals surface area contributed by atoms with Gasteiger partial charge in [0, 0.05) is 23.9 Å². The number of benzene rings is 1. The van der Waals surface area contributed by atoms with E-state index in [9.17, 15) is 0 Å². The summed E-state index contributed by atoms with van der Waals surface area (Å²) in [5.74, 6) is 1.81. The van der Waals surface area contributed by atoms with Crippen molar-refractivity contribution in [1.29, 1.82) is 0 Å². The van der Waals surface area contributed by atoms with Gasteiger partial charge in [0.05, 0.1) is 17.8 Å². The molecule has 1 N–H and O–H groups in total. The van der Waals surface area contributed by atoms with Gasteiger partial charge in [0.15, 0.2) is 5.82 Å². The Bertz CT molecular complexity index is 1040. The molecule has 134 valence electrons. The number of fused-ring (bicyclic) bond motifs is 2. The fourth-order valence-corrected chi connectivity index (χ4v) is 3.73. The summed E-state index contributed by atoms with van der Waals surface area (Å²) in [6.45, 7) is 2.57. The number of pyridine rings is 1. The average molecular weight is 407 g/mol. The minimum Gasteiger partial charge on any atom is -0.308 e. The first kappa shape index (κ1) is 18.7. The van der Waals surface area contributed by atoms with Crippen LogP contribution in [0, 0.1) is 0 Å². The van der Waals surface area contributed by atoms with E-state index in [1.165, 1.54) is 0 Å². The number of hydrogen-bond donors (Lipinski definition) is 1. The molecule has 0 unspecified atom stereocenters. The second-order valence-corrected chi connectivity index (χ2v) is 6.55. The van der Waals surface area contributed by atoms with E-state index in [-0.39, 0.29) is 24.8 Å². The monoisotopic (exact) mass is 406 g/mol. The Balaban J connectivity index is 0.000000980. The Morgan fingerprint density at radius 1 is 0.962 bits per heavy atom. The number of halogens is 2. The van der Waals surface area contributed by atoms with Crippen molar-refractivity contribution in [3.63, 3.8) is 0 Å². The molecule has 5 rings (SSSR count). The number of hydrogen-bond acceptors (Lipinski definition) is 6. The predicted octanol–water partition coefficient (Wildman–Crippen LogP) is 3.56. The SMILES string of the molecule is Cl.Cl.c1ccc2nc(-c3nc(-c4nnc5n4CCNC5)cs3)ccc2c1. The van der Waals surface area contributed by atoms with Crippen LogP contribution < -0.4 is 5.32 Å². The van der Waals surface area contributed by atoms with Gasteiger partial charge in [0.2, 0.25) is 0 Å². The summed E-state index contributed by atoms with van der Waals surface area (Å²) < 4.78 is 2.14. The maximum absolute atomic E-state index is 4.75. The molecule has 6 nitrogen and oxygen atoms in total. The molecule has 1 aromatic carbocycles. The van der Waals surface area contributed by atoms with Crippen molar-refractivity contribution in [3.05, 3.63) is 47.6 Å². The lowest BCUT2D eigenvalue weighted by Crippen LogP contribution is -2.28. The largest absolute Gasteiger partial charge is 0.308 e. The number of nitrogens with zero attached hydrogens (tertiary/aromatic N) is 5. The highest BCUT2D eigenvalue weighted by molar-refractivity contribution is 7.13. The fourth-order valence-electron chi connectivity index (χ4n) is 2.96. The van der Waals surface area contributed by atoms with Gasteiger partial charge >= 0.3 is 0 Å². The van der Waals surface area contributed by atoms with Crippen molar-refractivity contribution in [1.82, 2.24) is 30.0 Å². The van der Waals surface area contributed by atoms with E-state index in [4.69, 9.17) is 9.97 Å². The van der Waals surface area contributed by atoms with Crippen molar-refractivity contribution >= 4 is 47.1 Å². The predicted molar refractivity (Wildman–Crippen MR) is 108 cm³/mol. The normalized spacial score (nSPS) is 12.9. The molecule has 4 heterocycles. The highest BCUT2D eigenvalue weighted by Gasteiger charge is 2.19. The van der Waals surface area contributed by atoms with E-state index in [1.54, 1.807) is 11.3 Å². The Labute approximate surface area is 166 Å². The van der Waals surface area contributed by atoms with E-state index in [0.29, 0.717) is 0 Å². The lowest BCUT2D eigenvalue weighted by molar-refractivity contribution is 0.508. The van der Waals surface area contributed by atoms with Crippen LogP contribution in [0.15, 0.2) is 41.8 Å². The smallest absolute Gasteiger partial charge is 0.183 e. The van der Waals surface area contributed by atoms with Crippen molar-refractivity contribution in [2.75, 3.05) is 6.54 Å². The third-order valence-corrected chi connectivity index (χ3v) is 5.04.